The van der Waals surface area contributed by atoms with Crippen LogP contribution in [0.15, 0.2) is 24.4 Å². The van der Waals surface area contributed by atoms with Crippen LogP contribution in [0.25, 0.3) is 0 Å². The Labute approximate surface area is 95.8 Å². The van der Waals surface area contributed by atoms with Crippen LogP contribution in [0, 0.1) is 5.82 Å². The summed E-state index contributed by atoms with van der Waals surface area (Å²) in [5, 5.41) is 11.7. The maximum absolute atomic E-state index is 13.4. The Kier molecular flexibility index (Phi) is 2.99. The lowest BCUT2D eigenvalue weighted by Crippen LogP contribution is -2.13. The van der Waals surface area contributed by atoms with E-state index < -0.39 is 11.7 Å². The van der Waals surface area contributed by atoms with Crippen LogP contribution in [-0.4, -0.2) is 28.4 Å². The fourth-order valence-corrected chi connectivity index (χ4v) is 1.22. The van der Waals surface area contributed by atoms with E-state index >= 15 is 0 Å². The summed E-state index contributed by atoms with van der Waals surface area (Å²) in [5.74, 6) is -0.657. The summed E-state index contributed by atoms with van der Waals surface area (Å²) in [5.41, 5.74) is 0.101. The second-order valence-electron chi connectivity index (χ2n) is 3.16. The van der Waals surface area contributed by atoms with Crippen LogP contribution in [0.3, 0.4) is 0 Å². The summed E-state index contributed by atoms with van der Waals surface area (Å²) in [6.45, 7) is 0. The monoisotopic (exact) mass is 236 g/mol. The highest BCUT2D eigenvalue weighted by atomic mass is 19.1. The van der Waals surface area contributed by atoms with Crippen LogP contribution in [-0.2, 0) is 0 Å². The molecule has 0 aliphatic rings. The second kappa shape index (κ2) is 4.60. The van der Waals surface area contributed by atoms with Crippen LogP contribution < -0.4 is 10.1 Å². The standard InChI is InChI=1S/C10H9FN4O2/c1-17-6-2-3-7(11)8(4-6)13-10(16)9-5-12-15-14-9/h2-5H,1H3,(H,13,16)(H,12,14,15). The van der Waals surface area contributed by atoms with Gasteiger partial charge in [-0.15, -0.1) is 0 Å². The molecule has 2 N–H and O–H groups in total. The molecule has 1 aromatic heterocycles. The van der Waals surface area contributed by atoms with Gasteiger partial charge < -0.3 is 10.1 Å². The van der Waals surface area contributed by atoms with Crippen LogP contribution in [0.1, 0.15) is 10.5 Å². The van der Waals surface area contributed by atoms with Crippen molar-refractivity contribution in [3.05, 3.63) is 35.9 Å². The third-order valence-corrected chi connectivity index (χ3v) is 2.07. The van der Waals surface area contributed by atoms with Crippen molar-refractivity contribution in [2.45, 2.75) is 0 Å². The van der Waals surface area contributed by atoms with Crippen molar-refractivity contribution in [2.24, 2.45) is 0 Å². The van der Waals surface area contributed by atoms with Gasteiger partial charge in [-0.1, -0.05) is 0 Å². The number of amides is 1. The molecule has 0 bridgehead atoms. The lowest BCUT2D eigenvalue weighted by atomic mass is 10.2. The number of carbonyl (C=O) groups excluding carboxylic acids is 1. The molecular formula is C10H9FN4O2. The molecule has 2 aromatic rings. The predicted octanol–water partition coefficient (Wildman–Crippen LogP) is 1.20. The number of methoxy groups -OCH3 is 1. The molecule has 0 saturated heterocycles. The largest absolute Gasteiger partial charge is 0.497 e. The molecule has 1 amide bonds. The Balaban J connectivity index is 2.21. The Morgan fingerprint density at radius 2 is 2.35 bits per heavy atom. The predicted molar refractivity (Wildman–Crippen MR) is 57.3 cm³/mol. The van der Waals surface area contributed by atoms with Crippen molar-refractivity contribution in [1.82, 2.24) is 15.4 Å². The number of hydrogen-bond donors (Lipinski definition) is 2. The zero-order chi connectivity index (χ0) is 12.3. The molecule has 2 rings (SSSR count). The summed E-state index contributed by atoms with van der Waals surface area (Å²) in [6.07, 6.45) is 1.24. The molecule has 0 unspecified atom stereocenters. The van der Waals surface area contributed by atoms with Crippen molar-refractivity contribution in [3.8, 4) is 5.75 Å². The topological polar surface area (TPSA) is 79.9 Å². The quantitative estimate of drug-likeness (QED) is 0.839. The van der Waals surface area contributed by atoms with Gasteiger partial charge in [0.15, 0.2) is 5.69 Å². The smallest absolute Gasteiger partial charge is 0.277 e. The summed E-state index contributed by atoms with van der Waals surface area (Å²) >= 11 is 0. The van der Waals surface area contributed by atoms with E-state index in [4.69, 9.17) is 4.74 Å². The summed E-state index contributed by atoms with van der Waals surface area (Å²) in [6, 6.07) is 4.05. The number of anilines is 1. The van der Waals surface area contributed by atoms with Crippen molar-refractivity contribution in [3.63, 3.8) is 0 Å². The zero-order valence-electron chi connectivity index (χ0n) is 8.90. The van der Waals surface area contributed by atoms with E-state index in [-0.39, 0.29) is 11.4 Å². The number of H-pyrrole nitrogens is 1. The van der Waals surface area contributed by atoms with E-state index in [1.54, 1.807) is 0 Å². The molecular weight excluding hydrogens is 227 g/mol. The molecule has 0 aliphatic carbocycles. The van der Waals surface area contributed by atoms with E-state index in [0.717, 1.165) is 0 Å². The van der Waals surface area contributed by atoms with Gasteiger partial charge in [0.1, 0.15) is 11.6 Å². The Morgan fingerprint density at radius 3 is 3.00 bits per heavy atom. The third kappa shape index (κ3) is 2.39. The van der Waals surface area contributed by atoms with Crippen molar-refractivity contribution < 1.29 is 13.9 Å². The highest BCUT2D eigenvalue weighted by molar-refractivity contribution is 6.02. The number of halogens is 1. The van der Waals surface area contributed by atoms with E-state index in [1.807, 2.05) is 0 Å². The third-order valence-electron chi connectivity index (χ3n) is 2.07. The second-order valence-corrected chi connectivity index (χ2v) is 3.16. The Bertz CT molecular complexity index is 527. The van der Waals surface area contributed by atoms with Crippen LogP contribution in [0.5, 0.6) is 5.75 Å². The zero-order valence-corrected chi connectivity index (χ0v) is 8.90. The molecule has 88 valence electrons. The first kappa shape index (κ1) is 11.1. The molecule has 0 aliphatic heterocycles. The number of rotatable bonds is 3. The lowest BCUT2D eigenvalue weighted by Gasteiger charge is -2.06. The number of nitrogens with one attached hydrogen (secondary N) is 2. The van der Waals surface area contributed by atoms with Crippen LogP contribution in [0.2, 0.25) is 0 Å². The maximum atomic E-state index is 13.4. The highest BCUT2D eigenvalue weighted by Gasteiger charge is 2.12. The minimum Gasteiger partial charge on any atom is -0.497 e. The SMILES string of the molecule is COc1ccc(F)c(NC(=O)c2cn[nH]n2)c1. The average molecular weight is 236 g/mol. The van der Waals surface area contributed by atoms with Gasteiger partial charge in [-0.2, -0.15) is 15.4 Å². The molecule has 0 spiro atoms. The van der Waals surface area contributed by atoms with E-state index in [2.05, 4.69) is 20.7 Å². The van der Waals surface area contributed by atoms with Crippen molar-refractivity contribution in [2.75, 3.05) is 12.4 Å². The number of aromatic amines is 1. The average Bonchev–Trinajstić information content (AvgIpc) is 2.85. The maximum Gasteiger partial charge on any atom is 0.277 e. The van der Waals surface area contributed by atoms with E-state index in [1.165, 1.54) is 31.5 Å². The molecule has 7 heteroatoms. The number of aromatic nitrogens is 3. The molecule has 6 nitrogen and oxygen atoms in total. The normalized spacial score (nSPS) is 10.0. The molecule has 17 heavy (non-hydrogen) atoms. The molecule has 0 radical (unpaired) electrons. The molecule has 0 atom stereocenters. The minimum absolute atomic E-state index is 0.0253. The van der Waals surface area contributed by atoms with Gasteiger partial charge in [0, 0.05) is 6.07 Å². The Morgan fingerprint density at radius 1 is 1.53 bits per heavy atom. The van der Waals surface area contributed by atoms with Gasteiger partial charge in [0.25, 0.3) is 5.91 Å². The fourth-order valence-electron chi connectivity index (χ4n) is 1.22. The molecule has 1 heterocycles. The fraction of sp³-hybridized carbons (Fsp3) is 0.100. The van der Waals surface area contributed by atoms with E-state index in [9.17, 15) is 9.18 Å². The Hall–Kier alpha value is -2.44. The van der Waals surface area contributed by atoms with Gasteiger partial charge in [-0.25, -0.2) is 4.39 Å². The first-order valence-corrected chi connectivity index (χ1v) is 4.71. The number of benzene rings is 1. The van der Waals surface area contributed by atoms with Gasteiger partial charge in [-0.3, -0.25) is 4.79 Å². The molecule has 1 aromatic carbocycles. The lowest BCUT2D eigenvalue weighted by molar-refractivity contribution is 0.102. The van der Waals surface area contributed by atoms with Crippen LogP contribution in [0.4, 0.5) is 10.1 Å². The van der Waals surface area contributed by atoms with Gasteiger partial charge in [-0.05, 0) is 12.1 Å². The van der Waals surface area contributed by atoms with Crippen molar-refractivity contribution in [1.29, 1.82) is 0 Å². The summed E-state index contributed by atoms with van der Waals surface area (Å²) in [7, 11) is 1.45. The molecule has 0 saturated carbocycles. The number of carbonyl (C=O) groups is 1. The van der Waals surface area contributed by atoms with Crippen molar-refractivity contribution >= 4 is 11.6 Å². The van der Waals surface area contributed by atoms with Gasteiger partial charge >= 0.3 is 0 Å². The highest BCUT2D eigenvalue weighted by Crippen LogP contribution is 2.21. The van der Waals surface area contributed by atoms with Gasteiger partial charge in [0.2, 0.25) is 0 Å². The van der Waals surface area contributed by atoms with E-state index in [0.29, 0.717) is 5.75 Å². The summed E-state index contributed by atoms with van der Waals surface area (Å²) in [4.78, 5) is 11.6. The first-order valence-electron chi connectivity index (χ1n) is 4.71. The molecule has 0 fully saturated rings. The number of nitrogens with zero attached hydrogens (tertiary/aromatic N) is 2. The first-order chi connectivity index (χ1) is 8.20. The number of hydrogen-bond acceptors (Lipinski definition) is 4. The van der Waals surface area contributed by atoms with Gasteiger partial charge in [0.05, 0.1) is 19.0 Å². The summed E-state index contributed by atoms with van der Waals surface area (Å²) < 4.78 is 18.3. The van der Waals surface area contributed by atoms with Crippen LogP contribution >= 0.6 is 0 Å². The minimum atomic E-state index is -0.553. The number of ether oxygens (including phenoxy) is 1.